The number of fused-ring (bicyclic) bond motifs is 1. The first-order valence-corrected chi connectivity index (χ1v) is 5.82. The first-order valence-electron chi connectivity index (χ1n) is 5.03. The van der Waals surface area contributed by atoms with Crippen LogP contribution in [0.15, 0.2) is 34.9 Å². The molecule has 0 aliphatic rings. The van der Waals surface area contributed by atoms with Gasteiger partial charge < -0.3 is 0 Å². The van der Waals surface area contributed by atoms with Crippen LogP contribution in [0.1, 0.15) is 26.3 Å². The van der Waals surface area contributed by atoms with E-state index in [4.69, 9.17) is 0 Å². The molecule has 0 N–H and O–H groups in total. The standard InChI is InChI=1S/C13H14BrN/c1-13(2,3)11-6-7-15-12-5-4-9(14)8-10(11)12/h4-8H,1-3H3. The van der Waals surface area contributed by atoms with Crippen molar-refractivity contribution in [2.75, 3.05) is 0 Å². The molecule has 15 heavy (non-hydrogen) atoms. The second kappa shape index (κ2) is 3.60. The molecule has 1 aromatic carbocycles. The van der Waals surface area contributed by atoms with Crippen molar-refractivity contribution >= 4 is 26.8 Å². The summed E-state index contributed by atoms with van der Waals surface area (Å²) in [4.78, 5) is 4.38. The van der Waals surface area contributed by atoms with Crippen molar-refractivity contribution in [3.63, 3.8) is 0 Å². The van der Waals surface area contributed by atoms with E-state index >= 15 is 0 Å². The molecule has 0 saturated heterocycles. The molecule has 2 rings (SSSR count). The van der Waals surface area contributed by atoms with Crippen LogP contribution >= 0.6 is 15.9 Å². The Morgan fingerprint density at radius 1 is 1.13 bits per heavy atom. The van der Waals surface area contributed by atoms with E-state index in [0.717, 1.165) is 9.99 Å². The van der Waals surface area contributed by atoms with Gasteiger partial charge in [0.05, 0.1) is 5.52 Å². The molecule has 78 valence electrons. The lowest BCUT2D eigenvalue weighted by atomic mass is 9.85. The number of hydrogen-bond acceptors (Lipinski definition) is 1. The topological polar surface area (TPSA) is 12.9 Å². The monoisotopic (exact) mass is 263 g/mol. The third-order valence-corrected chi connectivity index (χ3v) is 3.00. The Kier molecular flexibility index (Phi) is 2.55. The number of aromatic nitrogens is 1. The van der Waals surface area contributed by atoms with Crippen LogP contribution in [0.4, 0.5) is 0 Å². The molecule has 1 nitrogen and oxygen atoms in total. The van der Waals surface area contributed by atoms with Gasteiger partial charge in [-0.3, -0.25) is 4.98 Å². The van der Waals surface area contributed by atoms with Gasteiger partial charge in [-0.25, -0.2) is 0 Å². The summed E-state index contributed by atoms with van der Waals surface area (Å²) < 4.78 is 1.11. The summed E-state index contributed by atoms with van der Waals surface area (Å²) in [6.07, 6.45) is 1.89. The van der Waals surface area contributed by atoms with Crippen LogP contribution < -0.4 is 0 Å². The summed E-state index contributed by atoms with van der Waals surface area (Å²) in [7, 11) is 0. The average Bonchev–Trinajstić information content (AvgIpc) is 2.15. The Hall–Kier alpha value is -0.890. The molecule has 0 radical (unpaired) electrons. The van der Waals surface area contributed by atoms with Crippen LogP contribution in [0.3, 0.4) is 0 Å². The van der Waals surface area contributed by atoms with Crippen molar-refractivity contribution in [2.24, 2.45) is 0 Å². The zero-order valence-corrected chi connectivity index (χ0v) is 10.8. The fourth-order valence-electron chi connectivity index (χ4n) is 1.77. The quantitative estimate of drug-likeness (QED) is 0.691. The lowest BCUT2D eigenvalue weighted by Crippen LogP contribution is -2.11. The highest BCUT2D eigenvalue weighted by Gasteiger charge is 2.16. The maximum Gasteiger partial charge on any atom is 0.0705 e. The zero-order valence-electron chi connectivity index (χ0n) is 9.21. The van der Waals surface area contributed by atoms with Crippen molar-refractivity contribution in [3.05, 3.63) is 40.5 Å². The Balaban J connectivity index is 2.80. The van der Waals surface area contributed by atoms with Gasteiger partial charge in [0.25, 0.3) is 0 Å². The van der Waals surface area contributed by atoms with Gasteiger partial charge in [-0.05, 0) is 35.2 Å². The van der Waals surface area contributed by atoms with Crippen LogP contribution in [0.25, 0.3) is 10.9 Å². The number of hydrogen-bond donors (Lipinski definition) is 0. The van der Waals surface area contributed by atoms with Gasteiger partial charge in [0.1, 0.15) is 0 Å². The number of rotatable bonds is 0. The molecular formula is C13H14BrN. The summed E-state index contributed by atoms with van der Waals surface area (Å²) >= 11 is 3.51. The molecular weight excluding hydrogens is 250 g/mol. The average molecular weight is 264 g/mol. The summed E-state index contributed by atoms with van der Waals surface area (Å²) in [6.45, 7) is 6.67. The SMILES string of the molecule is CC(C)(C)c1ccnc2ccc(Br)cc12. The van der Waals surface area contributed by atoms with E-state index in [1.165, 1.54) is 10.9 Å². The summed E-state index contributed by atoms with van der Waals surface area (Å²) in [6, 6.07) is 8.33. The summed E-state index contributed by atoms with van der Waals surface area (Å²) in [5, 5.41) is 1.24. The van der Waals surface area contributed by atoms with Crippen LogP contribution in [0.2, 0.25) is 0 Å². The van der Waals surface area contributed by atoms with Crippen molar-refractivity contribution in [1.82, 2.24) is 4.98 Å². The van der Waals surface area contributed by atoms with Crippen LogP contribution in [-0.2, 0) is 5.41 Å². The lowest BCUT2D eigenvalue weighted by Gasteiger charge is -2.20. The third-order valence-electron chi connectivity index (χ3n) is 2.51. The zero-order chi connectivity index (χ0) is 11.1. The highest BCUT2D eigenvalue weighted by molar-refractivity contribution is 9.10. The summed E-state index contributed by atoms with van der Waals surface area (Å²) in [5.74, 6) is 0. The van der Waals surface area contributed by atoms with E-state index in [-0.39, 0.29) is 5.41 Å². The normalized spacial score (nSPS) is 12.0. The summed E-state index contributed by atoms with van der Waals surface area (Å²) in [5.41, 5.74) is 2.56. The molecule has 1 heterocycles. The molecule has 0 atom stereocenters. The molecule has 2 aromatic rings. The third kappa shape index (κ3) is 2.05. The maximum absolute atomic E-state index is 4.38. The second-order valence-electron chi connectivity index (χ2n) is 4.77. The van der Waals surface area contributed by atoms with E-state index in [2.05, 4.69) is 59.9 Å². The van der Waals surface area contributed by atoms with Gasteiger partial charge in [-0.2, -0.15) is 0 Å². The number of halogens is 1. The Labute approximate surface area is 98.7 Å². The fraction of sp³-hybridized carbons (Fsp3) is 0.308. The van der Waals surface area contributed by atoms with Crippen molar-refractivity contribution in [1.29, 1.82) is 0 Å². The molecule has 2 heteroatoms. The molecule has 0 spiro atoms. The lowest BCUT2D eigenvalue weighted by molar-refractivity contribution is 0.595. The van der Waals surface area contributed by atoms with Gasteiger partial charge in [0.2, 0.25) is 0 Å². The van der Waals surface area contributed by atoms with Gasteiger partial charge in [-0.15, -0.1) is 0 Å². The minimum absolute atomic E-state index is 0.155. The molecule has 0 saturated carbocycles. The van der Waals surface area contributed by atoms with Crippen LogP contribution in [0.5, 0.6) is 0 Å². The van der Waals surface area contributed by atoms with E-state index < -0.39 is 0 Å². The molecule has 1 aromatic heterocycles. The number of benzene rings is 1. The Bertz CT molecular complexity index is 497. The Morgan fingerprint density at radius 3 is 2.53 bits per heavy atom. The van der Waals surface area contributed by atoms with Crippen LogP contribution in [-0.4, -0.2) is 4.98 Å². The van der Waals surface area contributed by atoms with E-state index in [9.17, 15) is 0 Å². The van der Waals surface area contributed by atoms with Gasteiger partial charge in [0.15, 0.2) is 0 Å². The van der Waals surface area contributed by atoms with Gasteiger partial charge >= 0.3 is 0 Å². The highest BCUT2D eigenvalue weighted by atomic mass is 79.9. The largest absolute Gasteiger partial charge is 0.256 e. The van der Waals surface area contributed by atoms with Crippen LogP contribution in [0, 0.1) is 0 Å². The predicted molar refractivity (Wildman–Crippen MR) is 68.1 cm³/mol. The molecule has 0 aliphatic heterocycles. The molecule has 0 fully saturated rings. The molecule has 0 bridgehead atoms. The molecule has 0 amide bonds. The number of pyridine rings is 1. The fourth-order valence-corrected chi connectivity index (χ4v) is 2.13. The first-order chi connectivity index (χ1) is 6.98. The predicted octanol–water partition coefficient (Wildman–Crippen LogP) is 4.29. The number of nitrogens with zero attached hydrogens (tertiary/aromatic N) is 1. The molecule has 0 aliphatic carbocycles. The smallest absolute Gasteiger partial charge is 0.0705 e. The van der Waals surface area contributed by atoms with E-state index in [1.54, 1.807) is 0 Å². The van der Waals surface area contributed by atoms with Crippen molar-refractivity contribution in [3.8, 4) is 0 Å². The van der Waals surface area contributed by atoms with Gasteiger partial charge in [-0.1, -0.05) is 36.7 Å². The maximum atomic E-state index is 4.38. The van der Waals surface area contributed by atoms with E-state index in [1.807, 2.05) is 12.3 Å². The van der Waals surface area contributed by atoms with Crippen molar-refractivity contribution in [2.45, 2.75) is 26.2 Å². The van der Waals surface area contributed by atoms with Crippen molar-refractivity contribution < 1.29 is 0 Å². The van der Waals surface area contributed by atoms with Gasteiger partial charge in [0, 0.05) is 16.1 Å². The minimum atomic E-state index is 0.155. The Morgan fingerprint density at radius 2 is 1.87 bits per heavy atom. The molecule has 0 unspecified atom stereocenters. The second-order valence-corrected chi connectivity index (χ2v) is 5.69. The minimum Gasteiger partial charge on any atom is -0.256 e. The highest BCUT2D eigenvalue weighted by Crippen LogP contribution is 2.30. The first kappa shape index (κ1) is 10.6. The van der Waals surface area contributed by atoms with E-state index in [0.29, 0.717) is 0 Å².